The van der Waals surface area contributed by atoms with E-state index in [0.717, 1.165) is 25.6 Å². The highest BCUT2D eigenvalue weighted by Gasteiger charge is 2.17. The van der Waals surface area contributed by atoms with Gasteiger partial charge in [0.2, 0.25) is 0 Å². The Hall–Kier alpha value is -0.380. The first-order chi connectivity index (χ1) is 8.61. The van der Waals surface area contributed by atoms with Crippen LogP contribution in [0.15, 0.2) is 12.2 Å². The summed E-state index contributed by atoms with van der Waals surface area (Å²) in [5.41, 5.74) is 1.32. The van der Waals surface area contributed by atoms with Crippen molar-refractivity contribution in [2.75, 3.05) is 52.4 Å². The summed E-state index contributed by atoms with van der Waals surface area (Å²) < 4.78 is 0. The predicted molar refractivity (Wildman–Crippen MR) is 80.0 cm³/mol. The molecule has 0 unspecified atom stereocenters. The van der Waals surface area contributed by atoms with Gasteiger partial charge in [-0.05, 0) is 24.5 Å². The Labute approximate surface area is 113 Å². The number of piperazine rings is 1. The van der Waals surface area contributed by atoms with Crippen molar-refractivity contribution in [2.45, 2.75) is 27.2 Å². The Bertz CT molecular complexity index is 230. The third kappa shape index (κ3) is 6.53. The molecule has 3 nitrogen and oxygen atoms in total. The van der Waals surface area contributed by atoms with Gasteiger partial charge < -0.3 is 10.2 Å². The van der Waals surface area contributed by atoms with E-state index in [9.17, 15) is 0 Å². The number of rotatable bonds is 8. The third-order valence-corrected chi connectivity index (χ3v) is 3.34. The highest BCUT2D eigenvalue weighted by molar-refractivity contribution is 5.00. The van der Waals surface area contributed by atoms with Gasteiger partial charge in [-0.2, -0.15) is 0 Å². The zero-order chi connectivity index (χ0) is 13.4. The van der Waals surface area contributed by atoms with Crippen LogP contribution in [0.5, 0.6) is 0 Å². The van der Waals surface area contributed by atoms with E-state index >= 15 is 0 Å². The lowest BCUT2D eigenvalue weighted by molar-refractivity contribution is 0.129. The molecule has 0 amide bonds. The minimum Gasteiger partial charge on any atom is -0.313 e. The summed E-state index contributed by atoms with van der Waals surface area (Å²) in [5, 5.41) is 3.42. The van der Waals surface area contributed by atoms with Gasteiger partial charge in [0.1, 0.15) is 0 Å². The summed E-state index contributed by atoms with van der Waals surface area (Å²) in [6.45, 7) is 20.2. The summed E-state index contributed by atoms with van der Waals surface area (Å²) in [4.78, 5) is 5.12. The molecule has 106 valence electrons. The fourth-order valence-corrected chi connectivity index (χ4v) is 2.46. The van der Waals surface area contributed by atoms with Crippen molar-refractivity contribution in [3.8, 4) is 0 Å². The maximum Gasteiger partial charge on any atom is 0.0203 e. The first kappa shape index (κ1) is 15.7. The first-order valence-electron chi connectivity index (χ1n) is 7.44. The minimum absolute atomic E-state index is 0.782. The Morgan fingerprint density at radius 1 is 1.17 bits per heavy atom. The second-order valence-corrected chi connectivity index (χ2v) is 5.90. The Kier molecular flexibility index (Phi) is 7.56. The highest BCUT2D eigenvalue weighted by Crippen LogP contribution is 2.06. The van der Waals surface area contributed by atoms with E-state index in [1.54, 1.807) is 0 Å². The molecule has 0 aromatic carbocycles. The van der Waals surface area contributed by atoms with Crippen LogP contribution >= 0.6 is 0 Å². The van der Waals surface area contributed by atoms with Gasteiger partial charge in [-0.3, -0.25) is 4.90 Å². The molecule has 0 bridgehead atoms. The standard InChI is InChI=1S/C15H31N3/c1-5-6-16-11-15(4)13-18-9-7-17(8-10-18)12-14(2)3/h14,16H,4-13H2,1-3H3. The van der Waals surface area contributed by atoms with Gasteiger partial charge in [0, 0.05) is 45.8 Å². The van der Waals surface area contributed by atoms with E-state index in [0.29, 0.717) is 0 Å². The molecule has 1 rings (SSSR count). The molecule has 1 aliphatic heterocycles. The van der Waals surface area contributed by atoms with Crippen LogP contribution in [0, 0.1) is 5.92 Å². The van der Waals surface area contributed by atoms with E-state index in [1.165, 1.54) is 44.7 Å². The molecule has 0 aliphatic carbocycles. The van der Waals surface area contributed by atoms with Crippen LogP contribution in [0.4, 0.5) is 0 Å². The molecule has 1 heterocycles. The highest BCUT2D eigenvalue weighted by atomic mass is 15.3. The summed E-state index contributed by atoms with van der Waals surface area (Å²) >= 11 is 0. The average Bonchev–Trinajstić information content (AvgIpc) is 2.31. The molecule has 0 atom stereocenters. The summed E-state index contributed by atoms with van der Waals surface area (Å²) in [5.74, 6) is 0.782. The lowest BCUT2D eigenvalue weighted by Crippen LogP contribution is -2.48. The smallest absolute Gasteiger partial charge is 0.0203 e. The molecule has 1 fully saturated rings. The summed E-state index contributed by atoms with van der Waals surface area (Å²) in [7, 11) is 0. The fourth-order valence-electron chi connectivity index (χ4n) is 2.46. The van der Waals surface area contributed by atoms with Crippen LogP contribution < -0.4 is 5.32 Å². The van der Waals surface area contributed by atoms with Crippen molar-refractivity contribution in [1.82, 2.24) is 15.1 Å². The van der Waals surface area contributed by atoms with E-state index in [-0.39, 0.29) is 0 Å². The van der Waals surface area contributed by atoms with Crippen LogP contribution in [-0.2, 0) is 0 Å². The Morgan fingerprint density at radius 2 is 1.78 bits per heavy atom. The van der Waals surface area contributed by atoms with Crippen molar-refractivity contribution < 1.29 is 0 Å². The Balaban J connectivity index is 2.13. The van der Waals surface area contributed by atoms with Gasteiger partial charge in [0.05, 0.1) is 0 Å². The molecule has 0 radical (unpaired) electrons. The molecule has 1 saturated heterocycles. The molecular weight excluding hydrogens is 222 g/mol. The average molecular weight is 253 g/mol. The van der Waals surface area contributed by atoms with Crippen molar-refractivity contribution in [2.24, 2.45) is 5.92 Å². The lowest BCUT2D eigenvalue weighted by atomic mass is 10.2. The maximum absolute atomic E-state index is 4.17. The maximum atomic E-state index is 4.17. The van der Waals surface area contributed by atoms with Gasteiger partial charge in [0.15, 0.2) is 0 Å². The summed E-state index contributed by atoms with van der Waals surface area (Å²) in [6, 6.07) is 0. The van der Waals surface area contributed by atoms with E-state index in [4.69, 9.17) is 0 Å². The van der Waals surface area contributed by atoms with Gasteiger partial charge in [0.25, 0.3) is 0 Å². The van der Waals surface area contributed by atoms with Crippen molar-refractivity contribution in [1.29, 1.82) is 0 Å². The zero-order valence-electron chi connectivity index (χ0n) is 12.5. The first-order valence-corrected chi connectivity index (χ1v) is 7.44. The summed E-state index contributed by atoms with van der Waals surface area (Å²) in [6.07, 6.45) is 1.20. The molecule has 0 saturated carbocycles. The molecule has 0 spiro atoms. The van der Waals surface area contributed by atoms with Crippen LogP contribution in [0.2, 0.25) is 0 Å². The normalized spacial score (nSPS) is 18.4. The van der Waals surface area contributed by atoms with Crippen LogP contribution in [0.3, 0.4) is 0 Å². The van der Waals surface area contributed by atoms with Crippen LogP contribution in [0.1, 0.15) is 27.2 Å². The number of hydrogen-bond acceptors (Lipinski definition) is 3. The quantitative estimate of drug-likeness (QED) is 0.526. The molecule has 0 aromatic rings. The monoisotopic (exact) mass is 253 g/mol. The molecule has 0 aromatic heterocycles. The molecule has 1 N–H and O–H groups in total. The lowest BCUT2D eigenvalue weighted by Gasteiger charge is -2.35. The van der Waals surface area contributed by atoms with E-state index < -0.39 is 0 Å². The van der Waals surface area contributed by atoms with E-state index in [1.807, 2.05) is 0 Å². The van der Waals surface area contributed by atoms with Crippen molar-refractivity contribution >= 4 is 0 Å². The van der Waals surface area contributed by atoms with Gasteiger partial charge in [-0.15, -0.1) is 0 Å². The van der Waals surface area contributed by atoms with Crippen molar-refractivity contribution in [3.63, 3.8) is 0 Å². The second-order valence-electron chi connectivity index (χ2n) is 5.90. The molecule has 1 aliphatic rings. The van der Waals surface area contributed by atoms with Crippen LogP contribution in [0.25, 0.3) is 0 Å². The predicted octanol–water partition coefficient (Wildman–Crippen LogP) is 1.82. The van der Waals surface area contributed by atoms with Crippen molar-refractivity contribution in [3.05, 3.63) is 12.2 Å². The SMILES string of the molecule is C=C(CNCCC)CN1CCN(CC(C)C)CC1. The van der Waals surface area contributed by atoms with Gasteiger partial charge in [-0.25, -0.2) is 0 Å². The van der Waals surface area contributed by atoms with Gasteiger partial charge >= 0.3 is 0 Å². The number of hydrogen-bond donors (Lipinski definition) is 1. The second kappa shape index (κ2) is 8.68. The minimum atomic E-state index is 0.782. The molecular formula is C15H31N3. The topological polar surface area (TPSA) is 18.5 Å². The largest absolute Gasteiger partial charge is 0.313 e. The number of nitrogens with one attached hydrogen (secondary N) is 1. The zero-order valence-corrected chi connectivity index (χ0v) is 12.5. The van der Waals surface area contributed by atoms with Gasteiger partial charge in [-0.1, -0.05) is 27.4 Å². The molecule has 3 heteroatoms. The third-order valence-electron chi connectivity index (χ3n) is 3.34. The molecule has 18 heavy (non-hydrogen) atoms. The Morgan fingerprint density at radius 3 is 2.33 bits per heavy atom. The van der Waals surface area contributed by atoms with Crippen LogP contribution in [-0.4, -0.2) is 62.2 Å². The van der Waals surface area contributed by atoms with E-state index in [2.05, 4.69) is 42.5 Å². The fraction of sp³-hybridized carbons (Fsp3) is 0.867. The number of nitrogens with zero attached hydrogens (tertiary/aromatic N) is 2.